The molecule has 1 aromatic heterocycles. The Hall–Kier alpha value is -0.840. The first-order valence-electron chi connectivity index (χ1n) is 4.38. The predicted molar refractivity (Wildman–Crippen MR) is 65.7 cm³/mol. The van der Waals surface area contributed by atoms with Gasteiger partial charge in [0.15, 0.2) is 0 Å². The van der Waals surface area contributed by atoms with Crippen LogP contribution >= 0.6 is 30.9 Å². The molecule has 0 unspecified atom stereocenters. The molecule has 0 radical (unpaired) electrons. The van der Waals surface area contributed by atoms with Gasteiger partial charge in [0.25, 0.3) is 5.56 Å². The Labute approximate surface area is 105 Å². The summed E-state index contributed by atoms with van der Waals surface area (Å²) in [7, 11) is -4.73. The van der Waals surface area contributed by atoms with E-state index >= 15 is 0 Å². The van der Waals surface area contributed by atoms with Crippen LogP contribution in [0.3, 0.4) is 0 Å². The number of halogens is 2. The van der Waals surface area contributed by atoms with E-state index in [9.17, 15) is 9.36 Å². The van der Waals surface area contributed by atoms with E-state index in [1.54, 1.807) is 0 Å². The summed E-state index contributed by atoms with van der Waals surface area (Å²) in [4.78, 5) is 29.7. The van der Waals surface area contributed by atoms with E-state index in [1.807, 2.05) is 0 Å². The van der Waals surface area contributed by atoms with Crippen molar-refractivity contribution in [3.63, 3.8) is 0 Å². The number of nitrogens with zero attached hydrogens (tertiary/aromatic N) is 1. The predicted octanol–water partition coefficient (Wildman–Crippen LogP) is 2.25. The molecule has 0 bridgehead atoms. The van der Waals surface area contributed by atoms with Crippen molar-refractivity contribution < 1.29 is 14.4 Å². The smallest absolute Gasteiger partial charge is 0.308 e. The molecule has 2 N–H and O–H groups in total. The quantitative estimate of drug-likeness (QED) is 0.791. The van der Waals surface area contributed by atoms with Crippen molar-refractivity contribution in [3.8, 4) is 0 Å². The second-order valence-corrected chi connectivity index (χ2v) is 5.56. The van der Waals surface area contributed by atoms with Crippen LogP contribution in [0.5, 0.6) is 0 Å². The molecular weight excluding hydrogens is 288 g/mol. The minimum Gasteiger partial charge on any atom is -0.308 e. The van der Waals surface area contributed by atoms with Crippen LogP contribution < -0.4 is 5.56 Å². The molecule has 8 heteroatoms. The summed E-state index contributed by atoms with van der Waals surface area (Å²) >= 11 is 11.5. The normalized spacial score (nSPS) is 12.0. The highest BCUT2D eigenvalue weighted by atomic mass is 35.5. The van der Waals surface area contributed by atoms with Crippen molar-refractivity contribution in [2.45, 2.75) is 0 Å². The fourth-order valence-corrected chi connectivity index (χ4v) is 2.60. The van der Waals surface area contributed by atoms with Crippen molar-refractivity contribution in [1.29, 1.82) is 0 Å². The summed E-state index contributed by atoms with van der Waals surface area (Å²) in [5.41, 5.74) is -0.760. The largest absolute Gasteiger partial charge is 0.437 e. The third-order valence-electron chi connectivity index (χ3n) is 2.17. The summed E-state index contributed by atoms with van der Waals surface area (Å²) in [6.07, 6.45) is 0. The van der Waals surface area contributed by atoms with Crippen LogP contribution in [-0.2, 0) is 4.57 Å². The lowest BCUT2D eigenvalue weighted by Gasteiger charge is -2.11. The first-order chi connectivity index (χ1) is 7.80. The van der Waals surface area contributed by atoms with Crippen LogP contribution in [0.2, 0.25) is 10.0 Å². The standard InChI is InChI=1S/C9H6Cl2NO4P/c10-6-3-5-1-2-9(13)12(17(14,15)16)8(5)4-7(6)11/h1-4H,(H2,14,15,16). The molecule has 0 aliphatic heterocycles. The van der Waals surface area contributed by atoms with Crippen LogP contribution in [0.1, 0.15) is 0 Å². The molecule has 1 aromatic carbocycles. The fourth-order valence-electron chi connectivity index (χ4n) is 1.49. The van der Waals surface area contributed by atoms with E-state index in [0.29, 0.717) is 9.72 Å². The second-order valence-electron chi connectivity index (χ2n) is 3.32. The Balaban J connectivity index is 3.01. The van der Waals surface area contributed by atoms with Gasteiger partial charge in [-0.3, -0.25) is 4.79 Å². The van der Waals surface area contributed by atoms with Crippen molar-refractivity contribution in [2.24, 2.45) is 0 Å². The first-order valence-corrected chi connectivity index (χ1v) is 6.70. The summed E-state index contributed by atoms with van der Waals surface area (Å²) in [5.74, 6) is 0. The van der Waals surface area contributed by atoms with Gasteiger partial charge in [0.05, 0.1) is 15.6 Å². The first kappa shape index (κ1) is 12.6. The van der Waals surface area contributed by atoms with Crippen LogP contribution in [0, 0.1) is 0 Å². The van der Waals surface area contributed by atoms with E-state index in [-0.39, 0.29) is 15.6 Å². The summed E-state index contributed by atoms with van der Waals surface area (Å²) < 4.78 is 11.6. The Morgan fingerprint density at radius 3 is 2.29 bits per heavy atom. The Kier molecular flexibility index (Phi) is 3.06. The topological polar surface area (TPSA) is 79.5 Å². The van der Waals surface area contributed by atoms with Gasteiger partial charge in [0, 0.05) is 11.5 Å². The van der Waals surface area contributed by atoms with Gasteiger partial charge >= 0.3 is 7.75 Å². The monoisotopic (exact) mass is 293 g/mol. The molecule has 0 atom stereocenters. The Morgan fingerprint density at radius 1 is 1.12 bits per heavy atom. The lowest BCUT2D eigenvalue weighted by molar-refractivity contribution is 0.361. The number of hydrogen-bond donors (Lipinski definition) is 2. The van der Waals surface area contributed by atoms with Gasteiger partial charge in [-0.15, -0.1) is 0 Å². The maximum absolute atomic E-state index is 11.5. The molecular formula is C9H6Cl2NO4P. The van der Waals surface area contributed by atoms with Gasteiger partial charge in [-0.25, -0.2) is 8.90 Å². The number of rotatable bonds is 1. The molecule has 90 valence electrons. The molecule has 0 saturated heterocycles. The van der Waals surface area contributed by atoms with E-state index in [0.717, 1.165) is 6.07 Å². The lowest BCUT2D eigenvalue weighted by atomic mass is 10.2. The van der Waals surface area contributed by atoms with E-state index in [4.69, 9.17) is 33.0 Å². The van der Waals surface area contributed by atoms with Gasteiger partial charge in [0.2, 0.25) is 0 Å². The van der Waals surface area contributed by atoms with Crippen LogP contribution in [0.15, 0.2) is 29.1 Å². The maximum Gasteiger partial charge on any atom is 0.437 e. The van der Waals surface area contributed by atoms with Gasteiger partial charge < -0.3 is 9.79 Å². The van der Waals surface area contributed by atoms with Gasteiger partial charge in [-0.05, 0) is 18.2 Å². The molecule has 0 aliphatic carbocycles. The van der Waals surface area contributed by atoms with E-state index in [1.165, 1.54) is 18.2 Å². The molecule has 2 rings (SSSR count). The van der Waals surface area contributed by atoms with Crippen LogP contribution in [-0.4, -0.2) is 14.1 Å². The third kappa shape index (κ3) is 2.25. The van der Waals surface area contributed by atoms with Gasteiger partial charge in [0.1, 0.15) is 0 Å². The zero-order chi connectivity index (χ0) is 12.8. The Bertz CT molecular complexity index is 706. The number of benzene rings is 1. The molecule has 0 saturated carbocycles. The highest BCUT2D eigenvalue weighted by Crippen LogP contribution is 2.39. The van der Waals surface area contributed by atoms with Gasteiger partial charge in [-0.1, -0.05) is 23.2 Å². The van der Waals surface area contributed by atoms with Crippen molar-refractivity contribution in [1.82, 2.24) is 4.34 Å². The maximum atomic E-state index is 11.5. The summed E-state index contributed by atoms with van der Waals surface area (Å²) in [5, 5.41) is 0.782. The lowest BCUT2D eigenvalue weighted by Crippen LogP contribution is -2.17. The molecule has 0 spiro atoms. The van der Waals surface area contributed by atoms with Crippen molar-refractivity contribution >= 4 is 41.9 Å². The number of aromatic nitrogens is 1. The molecule has 5 nitrogen and oxygen atoms in total. The zero-order valence-electron chi connectivity index (χ0n) is 8.17. The molecule has 17 heavy (non-hydrogen) atoms. The van der Waals surface area contributed by atoms with Gasteiger partial charge in [-0.2, -0.15) is 0 Å². The minimum atomic E-state index is -4.73. The molecule has 0 aliphatic rings. The average Bonchev–Trinajstić information content (AvgIpc) is 2.18. The number of pyridine rings is 1. The summed E-state index contributed by atoms with van der Waals surface area (Å²) in [6.45, 7) is 0. The zero-order valence-corrected chi connectivity index (χ0v) is 10.6. The highest BCUT2D eigenvalue weighted by molar-refractivity contribution is 7.50. The van der Waals surface area contributed by atoms with Crippen LogP contribution in [0.25, 0.3) is 10.9 Å². The molecule has 0 amide bonds. The molecule has 2 aromatic rings. The third-order valence-corrected chi connectivity index (χ3v) is 3.83. The van der Waals surface area contributed by atoms with E-state index < -0.39 is 13.3 Å². The average molecular weight is 294 g/mol. The number of fused-ring (bicyclic) bond motifs is 1. The number of hydrogen-bond acceptors (Lipinski definition) is 2. The SMILES string of the molecule is O=c1ccc2cc(Cl)c(Cl)cc2n1P(=O)(O)O. The van der Waals surface area contributed by atoms with Crippen LogP contribution in [0.4, 0.5) is 0 Å². The summed E-state index contributed by atoms with van der Waals surface area (Å²) in [6, 6.07) is 5.17. The highest BCUT2D eigenvalue weighted by Gasteiger charge is 2.21. The van der Waals surface area contributed by atoms with E-state index in [2.05, 4.69) is 0 Å². The second kappa shape index (κ2) is 4.12. The molecule has 0 fully saturated rings. The minimum absolute atomic E-state index is 0.0419. The fraction of sp³-hybridized carbons (Fsp3) is 0. The molecule has 1 heterocycles. The van der Waals surface area contributed by atoms with Crippen molar-refractivity contribution in [2.75, 3.05) is 0 Å². The van der Waals surface area contributed by atoms with Crippen molar-refractivity contribution in [3.05, 3.63) is 44.7 Å². The Morgan fingerprint density at radius 2 is 1.71 bits per heavy atom.